The molecule has 124 valence electrons. The molecule has 2 rings (SSSR count). The Labute approximate surface area is 125 Å². The molecule has 0 bridgehead atoms. The smallest absolute Gasteiger partial charge is 0.190 e. The zero-order chi connectivity index (χ0) is 15.6. The highest BCUT2D eigenvalue weighted by Crippen LogP contribution is 2.39. The summed E-state index contributed by atoms with van der Waals surface area (Å²) in [6.07, 6.45) is -2.17. The number of hydrogen-bond donors (Lipinski definition) is 2. The average Bonchev–Trinajstić information content (AvgIpc) is 2.86. The summed E-state index contributed by atoms with van der Waals surface area (Å²) >= 11 is 0. The molecule has 0 spiro atoms. The van der Waals surface area contributed by atoms with Crippen molar-refractivity contribution in [2.24, 2.45) is 0 Å². The van der Waals surface area contributed by atoms with Crippen molar-refractivity contribution >= 4 is 0 Å². The monoisotopic (exact) mass is 305 g/mol. The predicted molar refractivity (Wildman–Crippen MR) is 74.7 cm³/mol. The molecule has 0 unspecified atom stereocenters. The molecular formula is C14H27NO6. The molecule has 2 fully saturated rings. The molecule has 0 aromatic carbocycles. The Morgan fingerprint density at radius 1 is 1.29 bits per heavy atom. The number of nitrogens with zero attached hydrogens (tertiary/aromatic N) is 1. The van der Waals surface area contributed by atoms with Crippen LogP contribution in [0.2, 0.25) is 0 Å². The van der Waals surface area contributed by atoms with Crippen LogP contribution in [0, 0.1) is 0 Å². The zero-order valence-electron chi connectivity index (χ0n) is 13.2. The van der Waals surface area contributed by atoms with Crippen LogP contribution < -0.4 is 0 Å². The molecule has 2 heterocycles. The van der Waals surface area contributed by atoms with E-state index in [1.807, 2.05) is 27.9 Å². The van der Waals surface area contributed by atoms with Gasteiger partial charge in [0.1, 0.15) is 24.4 Å². The fourth-order valence-corrected chi connectivity index (χ4v) is 2.71. The van der Waals surface area contributed by atoms with Crippen molar-refractivity contribution in [2.75, 3.05) is 33.9 Å². The van der Waals surface area contributed by atoms with Gasteiger partial charge in [-0.1, -0.05) is 0 Å². The topological polar surface area (TPSA) is 80.6 Å². The number of rotatable bonds is 7. The molecule has 0 aromatic heterocycles. The fraction of sp³-hybridized carbons (Fsp3) is 1.00. The molecule has 0 amide bonds. The lowest BCUT2D eigenvalue weighted by Gasteiger charge is -2.28. The van der Waals surface area contributed by atoms with E-state index in [2.05, 4.69) is 4.90 Å². The molecule has 2 saturated heterocycles. The highest BCUT2D eigenvalue weighted by atomic mass is 16.8. The molecule has 0 aromatic rings. The Morgan fingerprint density at radius 3 is 2.62 bits per heavy atom. The van der Waals surface area contributed by atoms with E-state index >= 15 is 0 Å². The lowest BCUT2D eigenvalue weighted by molar-refractivity contribution is -0.231. The van der Waals surface area contributed by atoms with Gasteiger partial charge in [-0.2, -0.15) is 0 Å². The van der Waals surface area contributed by atoms with Gasteiger partial charge in [0.05, 0.1) is 6.61 Å². The summed E-state index contributed by atoms with van der Waals surface area (Å²) in [6, 6.07) is 0. The van der Waals surface area contributed by atoms with Crippen molar-refractivity contribution in [2.45, 2.75) is 56.8 Å². The third kappa shape index (κ3) is 4.13. The van der Waals surface area contributed by atoms with Gasteiger partial charge < -0.3 is 34.1 Å². The molecule has 7 nitrogen and oxygen atoms in total. The standard InChI is InChI=1S/C14H27NO6/c1-14(2)20-12-11(18-7-5-6-15(3)4)10(9(17)8-16)19-13(12)21-14/h9-13,16-17H,5-8H2,1-4H3/t9-,10-,11+,12-,13+/m1/s1. The predicted octanol–water partition coefficient (Wildman–Crippen LogP) is -0.447. The van der Waals surface area contributed by atoms with Crippen LogP contribution in [0.1, 0.15) is 20.3 Å². The Kier molecular flexibility index (Phi) is 5.59. The van der Waals surface area contributed by atoms with Gasteiger partial charge in [-0.05, 0) is 40.9 Å². The molecule has 5 atom stereocenters. The van der Waals surface area contributed by atoms with Crippen molar-refractivity contribution in [3.63, 3.8) is 0 Å². The quantitative estimate of drug-likeness (QED) is 0.617. The van der Waals surface area contributed by atoms with Crippen molar-refractivity contribution in [3.8, 4) is 0 Å². The maximum atomic E-state index is 9.88. The number of ether oxygens (including phenoxy) is 4. The lowest BCUT2D eigenvalue weighted by atomic mass is 10.1. The molecular weight excluding hydrogens is 278 g/mol. The largest absolute Gasteiger partial charge is 0.394 e. The fourth-order valence-electron chi connectivity index (χ4n) is 2.71. The van der Waals surface area contributed by atoms with Crippen molar-refractivity contribution < 1.29 is 29.2 Å². The van der Waals surface area contributed by atoms with E-state index in [1.54, 1.807) is 0 Å². The van der Waals surface area contributed by atoms with Gasteiger partial charge >= 0.3 is 0 Å². The first-order chi connectivity index (χ1) is 9.84. The van der Waals surface area contributed by atoms with Crippen LogP contribution >= 0.6 is 0 Å². The maximum absolute atomic E-state index is 9.88. The molecule has 2 aliphatic heterocycles. The van der Waals surface area contributed by atoms with E-state index in [0.29, 0.717) is 6.61 Å². The highest BCUT2D eigenvalue weighted by Gasteiger charge is 2.56. The third-order valence-corrected chi connectivity index (χ3v) is 3.65. The van der Waals surface area contributed by atoms with E-state index in [9.17, 15) is 5.11 Å². The summed E-state index contributed by atoms with van der Waals surface area (Å²) in [7, 11) is 4.01. The second-order valence-electron chi connectivity index (χ2n) is 6.31. The summed E-state index contributed by atoms with van der Waals surface area (Å²) in [4.78, 5) is 2.08. The second-order valence-corrected chi connectivity index (χ2v) is 6.31. The number of aliphatic hydroxyl groups is 2. The Bertz CT molecular complexity index is 337. The van der Waals surface area contributed by atoms with E-state index in [-0.39, 0.29) is 12.7 Å². The molecule has 0 saturated carbocycles. The van der Waals surface area contributed by atoms with Crippen LogP contribution in [-0.4, -0.2) is 85.5 Å². The molecule has 2 aliphatic rings. The minimum absolute atomic E-state index is 0.384. The van der Waals surface area contributed by atoms with Gasteiger partial charge in [0.15, 0.2) is 12.1 Å². The first kappa shape index (κ1) is 17.1. The maximum Gasteiger partial charge on any atom is 0.190 e. The molecule has 0 radical (unpaired) electrons. The van der Waals surface area contributed by atoms with Crippen LogP contribution in [-0.2, 0) is 18.9 Å². The first-order valence-electron chi connectivity index (χ1n) is 7.40. The van der Waals surface area contributed by atoms with Gasteiger partial charge in [-0.3, -0.25) is 0 Å². The highest BCUT2D eigenvalue weighted by molar-refractivity contribution is 4.96. The zero-order valence-corrected chi connectivity index (χ0v) is 13.2. The van der Waals surface area contributed by atoms with E-state index in [4.69, 9.17) is 24.1 Å². The van der Waals surface area contributed by atoms with Gasteiger partial charge in [0.2, 0.25) is 0 Å². The van der Waals surface area contributed by atoms with Gasteiger partial charge in [0, 0.05) is 6.61 Å². The van der Waals surface area contributed by atoms with Crippen molar-refractivity contribution in [3.05, 3.63) is 0 Å². The van der Waals surface area contributed by atoms with Crippen LogP contribution in [0.5, 0.6) is 0 Å². The average molecular weight is 305 g/mol. The number of aliphatic hydroxyl groups excluding tert-OH is 2. The summed E-state index contributed by atoms with van der Waals surface area (Å²) < 4.78 is 23.0. The lowest BCUT2D eigenvalue weighted by Crippen LogP contribution is -2.44. The molecule has 0 aliphatic carbocycles. The van der Waals surface area contributed by atoms with E-state index in [1.165, 1.54) is 0 Å². The SMILES string of the molecule is CN(C)CCCO[C@@H]1[C@H]2OC(C)(C)O[C@@H]2O[C@@H]1[C@H](O)CO. The van der Waals surface area contributed by atoms with Gasteiger partial charge in [0.25, 0.3) is 0 Å². The van der Waals surface area contributed by atoms with E-state index < -0.39 is 30.4 Å². The Morgan fingerprint density at radius 2 is 2.00 bits per heavy atom. The minimum Gasteiger partial charge on any atom is -0.394 e. The van der Waals surface area contributed by atoms with Crippen LogP contribution in [0.3, 0.4) is 0 Å². The Balaban J connectivity index is 1.94. The third-order valence-electron chi connectivity index (χ3n) is 3.65. The van der Waals surface area contributed by atoms with Crippen LogP contribution in [0.25, 0.3) is 0 Å². The summed E-state index contributed by atoms with van der Waals surface area (Å²) in [5.41, 5.74) is 0. The molecule has 21 heavy (non-hydrogen) atoms. The second kappa shape index (κ2) is 6.87. The Hall–Kier alpha value is -0.280. The van der Waals surface area contributed by atoms with Gasteiger partial charge in [-0.15, -0.1) is 0 Å². The first-order valence-corrected chi connectivity index (χ1v) is 7.40. The summed E-state index contributed by atoms with van der Waals surface area (Å²) in [6.45, 7) is 4.70. The normalized spacial score (nSPS) is 36.1. The summed E-state index contributed by atoms with van der Waals surface area (Å²) in [5, 5.41) is 19.0. The number of hydrogen-bond acceptors (Lipinski definition) is 7. The van der Waals surface area contributed by atoms with Crippen LogP contribution in [0.4, 0.5) is 0 Å². The van der Waals surface area contributed by atoms with Gasteiger partial charge in [-0.25, -0.2) is 0 Å². The molecule has 7 heteroatoms. The minimum atomic E-state index is -1.01. The van der Waals surface area contributed by atoms with E-state index in [0.717, 1.165) is 13.0 Å². The van der Waals surface area contributed by atoms with Crippen LogP contribution in [0.15, 0.2) is 0 Å². The van der Waals surface area contributed by atoms with Crippen molar-refractivity contribution in [1.82, 2.24) is 4.90 Å². The number of fused-ring (bicyclic) bond motifs is 1. The van der Waals surface area contributed by atoms with Crippen molar-refractivity contribution in [1.29, 1.82) is 0 Å². The summed E-state index contributed by atoms with van der Waals surface area (Å²) in [5.74, 6) is -0.726. The molecule has 2 N–H and O–H groups in total.